The fourth-order valence-corrected chi connectivity index (χ4v) is 2.93. The molecule has 2 aliphatic rings. The number of amides is 1. The summed E-state index contributed by atoms with van der Waals surface area (Å²) in [6, 6.07) is 5.43. The first kappa shape index (κ1) is 13.7. The van der Waals surface area contributed by atoms with Crippen LogP contribution in [0.2, 0.25) is 5.02 Å². The minimum absolute atomic E-state index is 0.0357. The average molecular weight is 295 g/mol. The molecular formula is C15H19ClN2O2. The van der Waals surface area contributed by atoms with E-state index in [1.165, 1.54) is 0 Å². The van der Waals surface area contributed by atoms with Crippen molar-refractivity contribution in [2.45, 2.75) is 25.3 Å². The van der Waals surface area contributed by atoms with Crippen molar-refractivity contribution >= 4 is 23.2 Å². The van der Waals surface area contributed by atoms with E-state index in [1.807, 2.05) is 4.90 Å². The van der Waals surface area contributed by atoms with Crippen molar-refractivity contribution in [3.05, 3.63) is 28.8 Å². The predicted molar refractivity (Wildman–Crippen MR) is 78.8 cm³/mol. The second-order valence-corrected chi connectivity index (χ2v) is 6.13. The number of hydrogen-bond donors (Lipinski definition) is 1. The summed E-state index contributed by atoms with van der Waals surface area (Å²) in [7, 11) is 0. The summed E-state index contributed by atoms with van der Waals surface area (Å²) in [5.41, 5.74) is 6.89. The van der Waals surface area contributed by atoms with E-state index in [1.54, 1.807) is 18.2 Å². The number of benzene rings is 1. The summed E-state index contributed by atoms with van der Waals surface area (Å²) in [6.07, 6.45) is 3.22. The van der Waals surface area contributed by atoms with Crippen molar-refractivity contribution in [3.63, 3.8) is 0 Å². The van der Waals surface area contributed by atoms with Crippen molar-refractivity contribution in [1.29, 1.82) is 0 Å². The van der Waals surface area contributed by atoms with E-state index in [-0.39, 0.29) is 5.91 Å². The molecule has 1 aliphatic carbocycles. The van der Waals surface area contributed by atoms with Gasteiger partial charge in [0, 0.05) is 41.4 Å². The zero-order chi connectivity index (χ0) is 14.1. The molecule has 1 aromatic rings. The molecule has 0 aromatic heterocycles. The Hall–Kier alpha value is -1.26. The molecule has 5 heteroatoms. The lowest BCUT2D eigenvalue weighted by Crippen LogP contribution is -2.37. The highest BCUT2D eigenvalue weighted by Gasteiger charge is 2.35. The fraction of sp³-hybridized carbons (Fsp3) is 0.533. The van der Waals surface area contributed by atoms with E-state index >= 15 is 0 Å². The van der Waals surface area contributed by atoms with Gasteiger partial charge in [0.15, 0.2) is 0 Å². The number of rotatable bonds is 4. The third-order valence-corrected chi connectivity index (χ3v) is 4.11. The molecule has 4 nitrogen and oxygen atoms in total. The first-order valence-corrected chi connectivity index (χ1v) is 7.46. The number of halogens is 1. The van der Waals surface area contributed by atoms with Gasteiger partial charge in [-0.2, -0.15) is 0 Å². The maximum Gasteiger partial charge on any atom is 0.254 e. The zero-order valence-electron chi connectivity index (χ0n) is 11.3. The number of ether oxygens (including phenoxy) is 1. The lowest BCUT2D eigenvalue weighted by atomic mass is 10.1. The van der Waals surface area contributed by atoms with Crippen LogP contribution in [0.5, 0.6) is 0 Å². The molecule has 0 bridgehead atoms. The lowest BCUT2D eigenvalue weighted by Gasteiger charge is -2.25. The van der Waals surface area contributed by atoms with Crippen molar-refractivity contribution in [3.8, 4) is 0 Å². The topological polar surface area (TPSA) is 55.6 Å². The summed E-state index contributed by atoms with van der Waals surface area (Å²) in [5.74, 6) is 0.490. The average Bonchev–Trinajstić information content (AvgIpc) is 3.11. The number of nitrogen functional groups attached to an aromatic ring is 1. The largest absolute Gasteiger partial charge is 0.399 e. The van der Waals surface area contributed by atoms with E-state index in [4.69, 9.17) is 22.1 Å². The van der Waals surface area contributed by atoms with Gasteiger partial charge in [-0.05, 0) is 37.5 Å². The Bertz CT molecular complexity index is 490. The third-order valence-electron chi connectivity index (χ3n) is 3.89. The number of nitrogens with two attached hydrogens (primary N) is 1. The van der Waals surface area contributed by atoms with Crippen LogP contribution in [0.25, 0.3) is 0 Å². The maximum atomic E-state index is 12.7. The molecule has 1 amide bonds. The molecule has 1 atom stereocenters. The highest BCUT2D eigenvalue weighted by molar-refractivity contribution is 6.31. The Kier molecular flexibility index (Phi) is 3.85. The van der Waals surface area contributed by atoms with Gasteiger partial charge in [-0.3, -0.25) is 4.79 Å². The summed E-state index contributed by atoms with van der Waals surface area (Å²) in [6.45, 7) is 2.34. The molecule has 1 heterocycles. The molecule has 3 rings (SSSR count). The van der Waals surface area contributed by atoms with E-state index in [0.29, 0.717) is 28.2 Å². The Morgan fingerprint density at radius 3 is 2.75 bits per heavy atom. The number of nitrogens with zero attached hydrogens (tertiary/aromatic N) is 1. The van der Waals surface area contributed by atoms with E-state index < -0.39 is 0 Å². The summed E-state index contributed by atoms with van der Waals surface area (Å²) < 4.78 is 5.40. The second kappa shape index (κ2) is 5.62. The van der Waals surface area contributed by atoms with Crippen LogP contribution in [0.1, 0.15) is 29.6 Å². The van der Waals surface area contributed by atoms with Crippen molar-refractivity contribution in [2.75, 3.05) is 25.5 Å². The van der Waals surface area contributed by atoms with Gasteiger partial charge < -0.3 is 15.4 Å². The van der Waals surface area contributed by atoms with Crippen molar-refractivity contribution in [1.82, 2.24) is 4.90 Å². The van der Waals surface area contributed by atoms with Crippen LogP contribution >= 0.6 is 11.6 Å². The van der Waals surface area contributed by atoms with Crippen LogP contribution in [0.4, 0.5) is 5.69 Å². The van der Waals surface area contributed by atoms with Gasteiger partial charge in [-0.15, -0.1) is 0 Å². The van der Waals surface area contributed by atoms with Gasteiger partial charge in [0.1, 0.15) is 0 Å². The van der Waals surface area contributed by atoms with Crippen molar-refractivity contribution < 1.29 is 9.53 Å². The van der Waals surface area contributed by atoms with Gasteiger partial charge in [0.25, 0.3) is 5.91 Å². The molecule has 1 aliphatic heterocycles. The van der Waals surface area contributed by atoms with Crippen LogP contribution in [0.15, 0.2) is 18.2 Å². The minimum atomic E-state index is 0.0357. The molecule has 20 heavy (non-hydrogen) atoms. The number of anilines is 1. The Labute approximate surface area is 123 Å². The molecule has 1 aromatic carbocycles. The van der Waals surface area contributed by atoms with Gasteiger partial charge in [-0.25, -0.2) is 0 Å². The molecule has 2 N–H and O–H groups in total. The summed E-state index contributed by atoms with van der Waals surface area (Å²) >= 11 is 5.99. The van der Waals surface area contributed by atoms with Crippen LogP contribution < -0.4 is 5.73 Å². The van der Waals surface area contributed by atoms with Crippen molar-refractivity contribution in [2.24, 2.45) is 5.92 Å². The first-order valence-electron chi connectivity index (χ1n) is 7.08. The molecule has 1 saturated heterocycles. The molecule has 2 fully saturated rings. The number of carbonyl (C=O) groups is 1. The Balaban J connectivity index is 1.77. The summed E-state index contributed by atoms with van der Waals surface area (Å²) in [4.78, 5) is 14.7. The lowest BCUT2D eigenvalue weighted by molar-refractivity contribution is 0.0706. The number of hydrogen-bond acceptors (Lipinski definition) is 3. The molecule has 0 spiro atoms. The third kappa shape index (κ3) is 3.07. The standard InChI is InChI=1S/C15H19ClN2O2/c16-12-5-11(6-13(17)7-12)15(19)18(14-1-2-14)8-10-3-4-20-9-10/h5-7,10,14H,1-4,8-9,17H2. The summed E-state index contributed by atoms with van der Waals surface area (Å²) in [5, 5.41) is 0.508. The highest BCUT2D eigenvalue weighted by Crippen LogP contribution is 2.31. The molecule has 1 unspecified atom stereocenters. The molecular weight excluding hydrogens is 276 g/mol. The minimum Gasteiger partial charge on any atom is -0.399 e. The quantitative estimate of drug-likeness (QED) is 0.868. The van der Waals surface area contributed by atoms with Crippen LogP contribution in [-0.4, -0.2) is 36.6 Å². The maximum absolute atomic E-state index is 12.7. The predicted octanol–water partition coefficient (Wildman–Crippen LogP) is 2.56. The van der Waals surface area contributed by atoms with E-state index in [0.717, 1.165) is 39.0 Å². The Morgan fingerprint density at radius 1 is 1.35 bits per heavy atom. The molecule has 108 valence electrons. The van der Waals surface area contributed by atoms with Crippen LogP contribution in [-0.2, 0) is 4.74 Å². The molecule has 1 saturated carbocycles. The Morgan fingerprint density at radius 2 is 2.15 bits per heavy atom. The monoisotopic (exact) mass is 294 g/mol. The zero-order valence-corrected chi connectivity index (χ0v) is 12.1. The van der Waals surface area contributed by atoms with Gasteiger partial charge in [0.2, 0.25) is 0 Å². The van der Waals surface area contributed by atoms with E-state index in [2.05, 4.69) is 0 Å². The number of carbonyl (C=O) groups excluding carboxylic acids is 1. The van der Waals surface area contributed by atoms with Gasteiger partial charge in [0.05, 0.1) is 6.61 Å². The SMILES string of the molecule is Nc1cc(Cl)cc(C(=O)N(CC2CCOC2)C2CC2)c1. The van der Waals surface area contributed by atoms with E-state index in [9.17, 15) is 4.79 Å². The first-order chi connectivity index (χ1) is 9.63. The second-order valence-electron chi connectivity index (χ2n) is 5.69. The van der Waals surface area contributed by atoms with Crippen LogP contribution in [0.3, 0.4) is 0 Å². The van der Waals surface area contributed by atoms with Gasteiger partial charge in [-0.1, -0.05) is 11.6 Å². The van der Waals surface area contributed by atoms with Crippen LogP contribution in [0, 0.1) is 5.92 Å². The highest BCUT2D eigenvalue weighted by atomic mass is 35.5. The fourth-order valence-electron chi connectivity index (χ4n) is 2.69. The smallest absolute Gasteiger partial charge is 0.254 e. The molecule has 0 radical (unpaired) electrons. The normalized spacial score (nSPS) is 21.9. The van der Waals surface area contributed by atoms with Gasteiger partial charge >= 0.3 is 0 Å².